The summed E-state index contributed by atoms with van der Waals surface area (Å²) in [5, 5.41) is 9.89. The van der Waals surface area contributed by atoms with Gasteiger partial charge in [-0.25, -0.2) is 0 Å². The minimum atomic E-state index is -4.49. The maximum atomic E-state index is 12.7. The zero-order valence-electron chi connectivity index (χ0n) is 10.9. The second-order valence-corrected chi connectivity index (χ2v) is 5.87. The lowest BCUT2D eigenvalue weighted by molar-refractivity contribution is -0.137. The van der Waals surface area contributed by atoms with Crippen LogP contribution < -0.4 is 0 Å². The van der Waals surface area contributed by atoms with Crippen LogP contribution in [0.4, 0.5) is 13.2 Å². The first-order valence-corrected chi connectivity index (χ1v) is 7.27. The standard InChI is InChI=1S/C14H11ClF3NOS/c1-8-5-19-6-13(15)12(8)7-21-11-3-9(14(16,17)18)2-10(20)4-11/h2-6,20H,7H2,1H3. The lowest BCUT2D eigenvalue weighted by atomic mass is 10.2. The number of aromatic nitrogens is 1. The Morgan fingerprint density at radius 3 is 2.57 bits per heavy atom. The van der Waals surface area contributed by atoms with Crippen molar-refractivity contribution in [3.63, 3.8) is 0 Å². The smallest absolute Gasteiger partial charge is 0.416 e. The van der Waals surface area contributed by atoms with Crippen molar-refractivity contribution in [2.24, 2.45) is 0 Å². The molecule has 0 fully saturated rings. The molecule has 2 rings (SSSR count). The predicted molar refractivity (Wildman–Crippen MR) is 76.7 cm³/mol. The van der Waals surface area contributed by atoms with E-state index in [0.29, 0.717) is 21.7 Å². The Bertz CT molecular complexity index is 641. The van der Waals surface area contributed by atoms with Gasteiger partial charge in [-0.1, -0.05) is 11.6 Å². The van der Waals surface area contributed by atoms with E-state index in [9.17, 15) is 18.3 Å². The Hall–Kier alpha value is -1.40. The maximum Gasteiger partial charge on any atom is 0.416 e. The summed E-state index contributed by atoms with van der Waals surface area (Å²) in [5.74, 6) is -0.0154. The average molecular weight is 334 g/mol. The first-order valence-electron chi connectivity index (χ1n) is 5.90. The number of nitrogens with zero attached hydrogens (tertiary/aromatic N) is 1. The van der Waals surface area contributed by atoms with Crippen LogP contribution in [0.25, 0.3) is 0 Å². The van der Waals surface area contributed by atoms with Crippen LogP contribution in [0.2, 0.25) is 5.02 Å². The molecule has 7 heteroatoms. The van der Waals surface area contributed by atoms with E-state index >= 15 is 0 Å². The summed E-state index contributed by atoms with van der Waals surface area (Å²) in [4.78, 5) is 4.26. The Morgan fingerprint density at radius 1 is 1.24 bits per heavy atom. The van der Waals surface area contributed by atoms with Crippen molar-refractivity contribution in [3.8, 4) is 5.75 Å². The molecule has 0 saturated carbocycles. The van der Waals surface area contributed by atoms with Gasteiger partial charge in [-0.15, -0.1) is 11.8 Å². The van der Waals surface area contributed by atoms with Crippen LogP contribution in [0.1, 0.15) is 16.7 Å². The van der Waals surface area contributed by atoms with Crippen LogP contribution in [-0.2, 0) is 11.9 Å². The molecule has 21 heavy (non-hydrogen) atoms. The number of alkyl halides is 3. The number of rotatable bonds is 3. The van der Waals surface area contributed by atoms with E-state index in [0.717, 1.165) is 17.2 Å². The minimum absolute atomic E-state index is 0.328. The van der Waals surface area contributed by atoms with Crippen LogP contribution in [0.3, 0.4) is 0 Å². The van der Waals surface area contributed by atoms with Gasteiger partial charge in [0.2, 0.25) is 0 Å². The number of phenols is 1. The molecule has 0 aliphatic carbocycles. The zero-order valence-corrected chi connectivity index (χ0v) is 12.5. The Labute approximate surface area is 129 Å². The van der Waals surface area contributed by atoms with E-state index in [4.69, 9.17) is 11.6 Å². The Kier molecular flexibility index (Phi) is 4.68. The van der Waals surface area contributed by atoms with E-state index in [-0.39, 0.29) is 0 Å². The summed E-state index contributed by atoms with van der Waals surface area (Å²) in [5.41, 5.74) is 0.808. The number of aromatic hydroxyl groups is 1. The number of hydrogen-bond acceptors (Lipinski definition) is 3. The highest BCUT2D eigenvalue weighted by atomic mass is 35.5. The molecule has 0 aliphatic heterocycles. The third kappa shape index (κ3) is 4.04. The lowest BCUT2D eigenvalue weighted by Crippen LogP contribution is -2.04. The topological polar surface area (TPSA) is 33.1 Å². The molecule has 0 amide bonds. The van der Waals surface area contributed by atoms with Crippen molar-refractivity contribution in [1.82, 2.24) is 4.98 Å². The van der Waals surface area contributed by atoms with Gasteiger partial charge in [-0.2, -0.15) is 13.2 Å². The molecule has 0 radical (unpaired) electrons. The number of hydrogen-bond donors (Lipinski definition) is 1. The molecular formula is C14H11ClF3NOS. The summed E-state index contributed by atoms with van der Waals surface area (Å²) < 4.78 is 38.1. The molecule has 2 aromatic rings. The van der Waals surface area contributed by atoms with Crippen molar-refractivity contribution < 1.29 is 18.3 Å². The van der Waals surface area contributed by atoms with E-state index in [1.54, 1.807) is 6.20 Å². The van der Waals surface area contributed by atoms with Gasteiger partial charge in [-0.05, 0) is 36.2 Å². The predicted octanol–water partition coefficient (Wildman–Crippen LogP) is 5.06. The normalized spacial score (nSPS) is 11.7. The summed E-state index contributed by atoms with van der Waals surface area (Å²) in [7, 11) is 0. The molecule has 0 atom stereocenters. The summed E-state index contributed by atoms with van der Waals surface area (Å²) in [6.07, 6.45) is -1.35. The lowest BCUT2D eigenvalue weighted by Gasteiger charge is -2.11. The molecule has 1 aromatic carbocycles. The number of thioether (sulfide) groups is 1. The Morgan fingerprint density at radius 2 is 1.95 bits per heavy atom. The van der Waals surface area contributed by atoms with Crippen molar-refractivity contribution in [1.29, 1.82) is 0 Å². The second kappa shape index (κ2) is 6.15. The molecule has 0 spiro atoms. The quantitative estimate of drug-likeness (QED) is 0.797. The van der Waals surface area contributed by atoms with Crippen molar-refractivity contribution >= 4 is 23.4 Å². The molecule has 0 saturated heterocycles. The fourth-order valence-corrected chi connectivity index (χ4v) is 3.19. The molecule has 0 bridgehead atoms. The molecule has 112 valence electrons. The molecular weight excluding hydrogens is 323 g/mol. The van der Waals surface area contributed by atoms with E-state index < -0.39 is 17.5 Å². The fourth-order valence-electron chi connectivity index (χ4n) is 1.73. The molecule has 0 aliphatic rings. The van der Waals surface area contributed by atoms with Gasteiger partial charge in [-0.3, -0.25) is 4.98 Å². The summed E-state index contributed by atoms with van der Waals surface area (Å²) >= 11 is 7.20. The van der Waals surface area contributed by atoms with Gasteiger partial charge < -0.3 is 5.11 Å². The molecule has 0 unspecified atom stereocenters. The number of benzene rings is 1. The summed E-state index contributed by atoms with van der Waals surface area (Å²) in [6.45, 7) is 1.83. The number of phenolic OH excluding ortho intramolecular Hbond substituents is 1. The van der Waals surface area contributed by atoms with Crippen LogP contribution in [0.15, 0.2) is 35.5 Å². The summed E-state index contributed by atoms with van der Waals surface area (Å²) in [6, 6.07) is 3.01. The molecule has 1 heterocycles. The van der Waals surface area contributed by atoms with Gasteiger partial charge >= 0.3 is 6.18 Å². The number of pyridine rings is 1. The monoisotopic (exact) mass is 333 g/mol. The fraction of sp³-hybridized carbons (Fsp3) is 0.214. The van der Waals surface area contributed by atoms with Crippen LogP contribution in [0, 0.1) is 6.92 Å². The van der Waals surface area contributed by atoms with Crippen LogP contribution in [-0.4, -0.2) is 10.1 Å². The van der Waals surface area contributed by atoms with Gasteiger partial charge in [0.25, 0.3) is 0 Å². The number of aryl methyl sites for hydroxylation is 1. The molecule has 1 aromatic heterocycles. The third-order valence-corrected chi connectivity index (χ3v) is 4.15. The van der Waals surface area contributed by atoms with Gasteiger partial charge in [0, 0.05) is 23.0 Å². The van der Waals surface area contributed by atoms with Gasteiger partial charge in [0.05, 0.1) is 10.6 Å². The van der Waals surface area contributed by atoms with E-state index in [1.165, 1.54) is 24.0 Å². The first kappa shape index (κ1) is 16.0. The number of halogens is 4. The van der Waals surface area contributed by atoms with E-state index in [1.807, 2.05) is 6.92 Å². The van der Waals surface area contributed by atoms with Crippen LogP contribution >= 0.6 is 23.4 Å². The van der Waals surface area contributed by atoms with Crippen molar-refractivity contribution in [2.75, 3.05) is 0 Å². The molecule has 1 N–H and O–H groups in total. The largest absolute Gasteiger partial charge is 0.508 e. The highest BCUT2D eigenvalue weighted by Crippen LogP contribution is 2.36. The Balaban J connectivity index is 2.23. The van der Waals surface area contributed by atoms with Gasteiger partial charge in [0.15, 0.2) is 0 Å². The second-order valence-electron chi connectivity index (χ2n) is 4.42. The first-order chi connectivity index (χ1) is 9.77. The van der Waals surface area contributed by atoms with Crippen molar-refractivity contribution in [2.45, 2.75) is 23.7 Å². The molecule has 2 nitrogen and oxygen atoms in total. The highest BCUT2D eigenvalue weighted by molar-refractivity contribution is 7.98. The van der Waals surface area contributed by atoms with Crippen molar-refractivity contribution in [3.05, 3.63) is 52.3 Å². The zero-order chi connectivity index (χ0) is 15.6. The third-order valence-electron chi connectivity index (χ3n) is 2.82. The van der Waals surface area contributed by atoms with Crippen LogP contribution in [0.5, 0.6) is 5.75 Å². The minimum Gasteiger partial charge on any atom is -0.508 e. The average Bonchev–Trinajstić information content (AvgIpc) is 2.36. The van der Waals surface area contributed by atoms with Gasteiger partial charge in [0.1, 0.15) is 5.75 Å². The van der Waals surface area contributed by atoms with E-state index in [2.05, 4.69) is 4.98 Å². The highest BCUT2D eigenvalue weighted by Gasteiger charge is 2.31. The maximum absolute atomic E-state index is 12.7. The SMILES string of the molecule is Cc1cncc(Cl)c1CSc1cc(O)cc(C(F)(F)F)c1.